The molecule has 2 aromatic rings. The van der Waals surface area contributed by atoms with Gasteiger partial charge in [0.15, 0.2) is 0 Å². The van der Waals surface area contributed by atoms with E-state index in [1.54, 1.807) is 24.3 Å². The number of carbonyl (C=O) groups excluding carboxylic acids is 2. The lowest BCUT2D eigenvalue weighted by Gasteiger charge is -2.16. The Balaban J connectivity index is 1.98. The summed E-state index contributed by atoms with van der Waals surface area (Å²) in [6.07, 6.45) is 0.288. The van der Waals surface area contributed by atoms with E-state index in [2.05, 4.69) is 5.32 Å². The van der Waals surface area contributed by atoms with Crippen LogP contribution in [-0.4, -0.2) is 18.0 Å². The van der Waals surface area contributed by atoms with E-state index in [-0.39, 0.29) is 13.0 Å². The lowest BCUT2D eigenvalue weighted by Crippen LogP contribution is -2.45. The molecule has 0 bridgehead atoms. The summed E-state index contributed by atoms with van der Waals surface area (Å²) in [4.78, 5) is 23.4. The summed E-state index contributed by atoms with van der Waals surface area (Å²) in [6.45, 7) is 0.0519. The van der Waals surface area contributed by atoms with E-state index >= 15 is 0 Å². The SMILES string of the molecule is N#Cc1ccc(COC(=O)[C@H](Cc2ccccc2)NC(N)=O)cc1. The van der Waals surface area contributed by atoms with E-state index in [1.807, 2.05) is 36.4 Å². The number of hydrogen-bond acceptors (Lipinski definition) is 4. The van der Waals surface area contributed by atoms with Crippen molar-refractivity contribution in [2.24, 2.45) is 5.73 Å². The molecule has 0 aliphatic heterocycles. The predicted octanol–water partition coefficient (Wildman–Crippen LogP) is 1.88. The van der Waals surface area contributed by atoms with Crippen LogP contribution in [-0.2, 0) is 22.6 Å². The normalized spacial score (nSPS) is 11.1. The maximum atomic E-state index is 12.2. The highest BCUT2D eigenvalue weighted by atomic mass is 16.5. The molecule has 0 radical (unpaired) electrons. The van der Waals surface area contributed by atoms with Crippen molar-refractivity contribution < 1.29 is 14.3 Å². The summed E-state index contributed by atoms with van der Waals surface area (Å²) in [5.74, 6) is -0.568. The molecule has 0 aromatic heterocycles. The number of carbonyl (C=O) groups is 2. The molecule has 3 N–H and O–H groups in total. The van der Waals surface area contributed by atoms with Crippen LogP contribution < -0.4 is 11.1 Å². The molecular formula is C18H17N3O3. The lowest BCUT2D eigenvalue weighted by atomic mass is 10.1. The minimum atomic E-state index is -0.858. The molecule has 2 rings (SSSR count). The number of urea groups is 1. The predicted molar refractivity (Wildman–Crippen MR) is 87.6 cm³/mol. The van der Waals surface area contributed by atoms with Gasteiger partial charge in [0, 0.05) is 6.42 Å². The first-order valence-electron chi connectivity index (χ1n) is 7.34. The van der Waals surface area contributed by atoms with Crippen LogP contribution in [0.5, 0.6) is 0 Å². The van der Waals surface area contributed by atoms with Gasteiger partial charge in [0.05, 0.1) is 11.6 Å². The first-order chi connectivity index (χ1) is 11.6. The highest BCUT2D eigenvalue weighted by Gasteiger charge is 2.21. The summed E-state index contributed by atoms with van der Waals surface area (Å²) in [5, 5.41) is 11.2. The van der Waals surface area contributed by atoms with Crippen molar-refractivity contribution in [2.45, 2.75) is 19.1 Å². The standard InChI is InChI=1S/C18H17N3O3/c19-11-14-6-8-15(9-7-14)12-24-17(22)16(21-18(20)23)10-13-4-2-1-3-5-13/h1-9,16H,10,12H2,(H3,20,21,23)/t16-/m0/s1. The van der Waals surface area contributed by atoms with Crippen molar-refractivity contribution in [1.29, 1.82) is 5.26 Å². The van der Waals surface area contributed by atoms with Gasteiger partial charge in [0.2, 0.25) is 0 Å². The van der Waals surface area contributed by atoms with Gasteiger partial charge in [-0.15, -0.1) is 0 Å². The van der Waals surface area contributed by atoms with E-state index in [0.29, 0.717) is 5.56 Å². The topological polar surface area (TPSA) is 105 Å². The second kappa shape index (κ2) is 8.34. The summed E-state index contributed by atoms with van der Waals surface area (Å²) < 4.78 is 5.24. The van der Waals surface area contributed by atoms with Crippen LogP contribution in [0.25, 0.3) is 0 Å². The first kappa shape index (κ1) is 17.0. The number of esters is 1. The van der Waals surface area contributed by atoms with E-state index in [9.17, 15) is 9.59 Å². The molecule has 2 aromatic carbocycles. The molecule has 0 aliphatic carbocycles. The molecule has 122 valence electrons. The van der Waals surface area contributed by atoms with Crippen molar-refractivity contribution in [3.05, 3.63) is 71.3 Å². The third-order valence-electron chi connectivity index (χ3n) is 3.35. The monoisotopic (exact) mass is 323 g/mol. The van der Waals surface area contributed by atoms with Crippen LogP contribution in [0.2, 0.25) is 0 Å². The average molecular weight is 323 g/mol. The van der Waals surface area contributed by atoms with Gasteiger partial charge >= 0.3 is 12.0 Å². The second-order valence-electron chi connectivity index (χ2n) is 5.17. The van der Waals surface area contributed by atoms with Crippen molar-refractivity contribution in [3.8, 4) is 6.07 Å². The fraction of sp³-hybridized carbons (Fsp3) is 0.167. The van der Waals surface area contributed by atoms with Gasteiger partial charge in [-0.3, -0.25) is 0 Å². The largest absolute Gasteiger partial charge is 0.459 e. The molecular weight excluding hydrogens is 306 g/mol. The number of nitrogens with two attached hydrogens (primary N) is 1. The van der Waals surface area contributed by atoms with Crippen molar-refractivity contribution >= 4 is 12.0 Å². The molecule has 6 heteroatoms. The van der Waals surface area contributed by atoms with Crippen molar-refractivity contribution in [1.82, 2.24) is 5.32 Å². The Morgan fingerprint density at radius 2 is 1.75 bits per heavy atom. The molecule has 0 fully saturated rings. The van der Waals surface area contributed by atoms with Gasteiger partial charge in [0.1, 0.15) is 12.6 Å². The van der Waals surface area contributed by atoms with Crippen molar-refractivity contribution in [2.75, 3.05) is 0 Å². The summed E-state index contributed by atoms with van der Waals surface area (Å²) >= 11 is 0. The zero-order chi connectivity index (χ0) is 17.4. The highest BCUT2D eigenvalue weighted by Crippen LogP contribution is 2.08. The van der Waals surface area contributed by atoms with Gasteiger partial charge in [-0.05, 0) is 23.3 Å². The number of rotatable bonds is 6. The Kier molecular flexibility index (Phi) is 5.92. The highest BCUT2D eigenvalue weighted by molar-refractivity contribution is 5.83. The number of nitrogens with one attached hydrogen (secondary N) is 1. The minimum absolute atomic E-state index is 0.0519. The molecule has 0 saturated heterocycles. The molecule has 24 heavy (non-hydrogen) atoms. The maximum absolute atomic E-state index is 12.2. The first-order valence-corrected chi connectivity index (χ1v) is 7.34. The molecule has 0 aliphatic rings. The summed E-state index contributed by atoms with van der Waals surface area (Å²) in [5.41, 5.74) is 7.30. The molecule has 0 unspecified atom stereocenters. The molecule has 0 heterocycles. The fourth-order valence-electron chi connectivity index (χ4n) is 2.15. The molecule has 0 spiro atoms. The number of primary amides is 1. The third-order valence-corrected chi connectivity index (χ3v) is 3.35. The maximum Gasteiger partial charge on any atom is 0.329 e. The number of nitriles is 1. The summed E-state index contributed by atoms with van der Waals surface area (Å²) in [7, 11) is 0. The van der Waals surface area contributed by atoms with Gasteiger partial charge in [-0.1, -0.05) is 42.5 Å². The van der Waals surface area contributed by atoms with Crippen molar-refractivity contribution in [3.63, 3.8) is 0 Å². The van der Waals surface area contributed by atoms with Crippen LogP contribution in [0.1, 0.15) is 16.7 Å². The fourth-order valence-corrected chi connectivity index (χ4v) is 2.15. The smallest absolute Gasteiger partial charge is 0.329 e. The Labute approximate surface area is 139 Å². The average Bonchev–Trinajstić information content (AvgIpc) is 2.60. The number of ether oxygens (including phenoxy) is 1. The van der Waals surface area contributed by atoms with Crippen LogP contribution in [0.4, 0.5) is 4.79 Å². The molecule has 1 atom stereocenters. The Morgan fingerprint density at radius 3 is 2.33 bits per heavy atom. The van der Waals surface area contributed by atoms with E-state index < -0.39 is 18.0 Å². The molecule has 2 amide bonds. The Bertz CT molecular complexity index is 736. The Hall–Kier alpha value is -3.33. The van der Waals surface area contributed by atoms with Gasteiger partial charge in [-0.25, -0.2) is 9.59 Å². The van der Waals surface area contributed by atoms with Gasteiger partial charge in [0.25, 0.3) is 0 Å². The molecule has 0 saturated carbocycles. The van der Waals surface area contributed by atoms with Gasteiger partial charge in [-0.2, -0.15) is 5.26 Å². The van der Waals surface area contributed by atoms with Gasteiger partial charge < -0.3 is 15.8 Å². The zero-order valence-electron chi connectivity index (χ0n) is 12.9. The number of nitrogens with zero attached hydrogens (tertiary/aromatic N) is 1. The Morgan fingerprint density at radius 1 is 1.08 bits per heavy atom. The van der Waals surface area contributed by atoms with Crippen LogP contribution in [0.3, 0.4) is 0 Å². The number of hydrogen-bond donors (Lipinski definition) is 2. The molecule has 6 nitrogen and oxygen atoms in total. The van der Waals surface area contributed by atoms with Crippen LogP contribution >= 0.6 is 0 Å². The lowest BCUT2D eigenvalue weighted by molar-refractivity contribution is -0.147. The third kappa shape index (κ3) is 5.14. The van der Waals surface area contributed by atoms with E-state index in [0.717, 1.165) is 11.1 Å². The van der Waals surface area contributed by atoms with Crippen LogP contribution in [0.15, 0.2) is 54.6 Å². The summed E-state index contributed by atoms with van der Waals surface area (Å²) in [6, 6.07) is 16.3. The van der Waals surface area contributed by atoms with E-state index in [1.165, 1.54) is 0 Å². The minimum Gasteiger partial charge on any atom is -0.459 e. The zero-order valence-corrected chi connectivity index (χ0v) is 12.9. The number of amides is 2. The number of benzene rings is 2. The van der Waals surface area contributed by atoms with E-state index in [4.69, 9.17) is 15.7 Å². The second-order valence-corrected chi connectivity index (χ2v) is 5.17. The van der Waals surface area contributed by atoms with Crippen LogP contribution in [0, 0.1) is 11.3 Å². The quantitative estimate of drug-likeness (QED) is 0.792.